The Hall–Kier alpha value is -2.64. The molecule has 0 spiro atoms. The highest BCUT2D eigenvalue weighted by Gasteiger charge is 2.12. The molecule has 2 N–H and O–H groups in total. The predicted octanol–water partition coefficient (Wildman–Crippen LogP) is 2.08. The van der Waals surface area contributed by atoms with Gasteiger partial charge in [0.1, 0.15) is 0 Å². The van der Waals surface area contributed by atoms with Gasteiger partial charge in [0.2, 0.25) is 5.91 Å². The van der Waals surface area contributed by atoms with Crippen LogP contribution in [0.3, 0.4) is 0 Å². The summed E-state index contributed by atoms with van der Waals surface area (Å²) in [5, 5.41) is 13.8. The minimum Gasteiger partial charge on any atom is -0.347 e. The predicted molar refractivity (Wildman–Crippen MR) is 93.6 cm³/mol. The van der Waals surface area contributed by atoms with Crippen LogP contribution in [-0.4, -0.2) is 33.0 Å². The van der Waals surface area contributed by atoms with Crippen molar-refractivity contribution in [2.75, 3.05) is 6.54 Å². The summed E-state index contributed by atoms with van der Waals surface area (Å²) >= 11 is 11.7. The van der Waals surface area contributed by atoms with Crippen LogP contribution in [0.25, 0.3) is 5.65 Å². The second-order valence-corrected chi connectivity index (χ2v) is 5.97. The fraction of sp³-hybridized carbons (Fsp3) is 0.125. The van der Waals surface area contributed by atoms with Gasteiger partial charge in [0.05, 0.1) is 23.7 Å². The van der Waals surface area contributed by atoms with E-state index in [0.717, 1.165) is 0 Å². The summed E-state index contributed by atoms with van der Waals surface area (Å²) in [4.78, 5) is 24.0. The van der Waals surface area contributed by atoms with E-state index in [2.05, 4.69) is 20.8 Å². The van der Waals surface area contributed by atoms with E-state index < -0.39 is 5.91 Å². The molecule has 9 heteroatoms. The molecule has 0 unspecified atom stereocenters. The standard InChI is InChI=1S/C16H13Cl2N5O2/c17-10-4-5-11(12(18)7-10)16(25)20-9-15(24)19-8-14-22-21-13-3-1-2-6-23(13)14/h1-7H,8-9H2,(H,19,24)(H,20,25). The lowest BCUT2D eigenvalue weighted by Gasteiger charge is -2.07. The Kier molecular flexibility index (Phi) is 5.16. The zero-order chi connectivity index (χ0) is 17.8. The van der Waals surface area contributed by atoms with Gasteiger partial charge in [0.15, 0.2) is 11.5 Å². The number of pyridine rings is 1. The topological polar surface area (TPSA) is 88.4 Å². The number of rotatable bonds is 5. The van der Waals surface area contributed by atoms with Gasteiger partial charge in [0.25, 0.3) is 5.91 Å². The Balaban J connectivity index is 1.53. The first-order valence-corrected chi connectivity index (χ1v) is 8.09. The molecular formula is C16H13Cl2N5O2. The lowest BCUT2D eigenvalue weighted by molar-refractivity contribution is -0.120. The van der Waals surface area contributed by atoms with Crippen molar-refractivity contribution in [3.63, 3.8) is 0 Å². The molecule has 0 saturated carbocycles. The van der Waals surface area contributed by atoms with E-state index in [1.54, 1.807) is 16.7 Å². The Labute approximate surface area is 153 Å². The fourth-order valence-corrected chi connectivity index (χ4v) is 2.68. The van der Waals surface area contributed by atoms with E-state index in [-0.39, 0.29) is 29.6 Å². The maximum Gasteiger partial charge on any atom is 0.253 e. The van der Waals surface area contributed by atoms with Crippen molar-refractivity contribution >= 4 is 40.7 Å². The van der Waals surface area contributed by atoms with E-state index >= 15 is 0 Å². The molecule has 2 amide bonds. The minimum absolute atomic E-state index is 0.186. The molecule has 0 aliphatic heterocycles. The molecular weight excluding hydrogens is 365 g/mol. The number of carbonyl (C=O) groups excluding carboxylic acids is 2. The Bertz CT molecular complexity index is 941. The summed E-state index contributed by atoms with van der Waals surface area (Å²) in [7, 11) is 0. The molecule has 0 fully saturated rings. The van der Waals surface area contributed by atoms with Gasteiger partial charge in [-0.15, -0.1) is 10.2 Å². The first-order chi connectivity index (χ1) is 12.0. The maximum atomic E-state index is 12.0. The van der Waals surface area contributed by atoms with Gasteiger partial charge in [-0.05, 0) is 30.3 Å². The van der Waals surface area contributed by atoms with Gasteiger partial charge in [-0.25, -0.2) is 0 Å². The minimum atomic E-state index is -0.454. The van der Waals surface area contributed by atoms with Crippen LogP contribution in [0.1, 0.15) is 16.2 Å². The maximum absolute atomic E-state index is 12.0. The molecule has 3 aromatic rings. The Morgan fingerprint density at radius 1 is 1.08 bits per heavy atom. The number of aromatic nitrogens is 3. The van der Waals surface area contributed by atoms with Crippen molar-refractivity contribution in [3.05, 3.63) is 64.0 Å². The number of carbonyl (C=O) groups is 2. The van der Waals surface area contributed by atoms with E-state index in [1.165, 1.54) is 12.1 Å². The molecule has 0 atom stereocenters. The van der Waals surface area contributed by atoms with E-state index in [1.807, 2.05) is 18.2 Å². The summed E-state index contributed by atoms with van der Waals surface area (Å²) in [5.41, 5.74) is 0.944. The third-order valence-electron chi connectivity index (χ3n) is 3.41. The number of halogens is 2. The van der Waals surface area contributed by atoms with E-state index in [4.69, 9.17) is 23.2 Å². The van der Waals surface area contributed by atoms with Crippen LogP contribution >= 0.6 is 23.2 Å². The molecule has 7 nitrogen and oxygen atoms in total. The van der Waals surface area contributed by atoms with Gasteiger partial charge in [0, 0.05) is 11.2 Å². The first kappa shape index (κ1) is 17.2. The lowest BCUT2D eigenvalue weighted by atomic mass is 10.2. The summed E-state index contributed by atoms with van der Waals surface area (Å²) in [6.07, 6.45) is 1.81. The van der Waals surface area contributed by atoms with Crippen LogP contribution < -0.4 is 10.6 Å². The van der Waals surface area contributed by atoms with Crippen LogP contribution in [0.15, 0.2) is 42.6 Å². The molecule has 2 aromatic heterocycles. The molecule has 128 valence electrons. The molecule has 0 aliphatic carbocycles. The smallest absolute Gasteiger partial charge is 0.253 e. The molecule has 1 aromatic carbocycles. The Morgan fingerprint density at radius 2 is 1.92 bits per heavy atom. The van der Waals surface area contributed by atoms with Crippen molar-refractivity contribution in [1.29, 1.82) is 0 Å². The molecule has 0 saturated heterocycles. The summed E-state index contributed by atoms with van der Waals surface area (Å²) in [6.45, 7) is 0.0100. The second kappa shape index (κ2) is 7.50. The summed E-state index contributed by atoms with van der Waals surface area (Å²) in [5.74, 6) is -0.216. The molecule has 2 heterocycles. The normalized spacial score (nSPS) is 10.6. The number of nitrogens with zero attached hydrogens (tertiary/aromatic N) is 3. The van der Waals surface area contributed by atoms with E-state index in [9.17, 15) is 9.59 Å². The largest absolute Gasteiger partial charge is 0.347 e. The number of benzene rings is 1. The van der Waals surface area contributed by atoms with Gasteiger partial charge in [-0.3, -0.25) is 14.0 Å². The van der Waals surface area contributed by atoms with Crippen molar-refractivity contribution in [1.82, 2.24) is 25.2 Å². The van der Waals surface area contributed by atoms with E-state index in [0.29, 0.717) is 16.5 Å². The third-order valence-corrected chi connectivity index (χ3v) is 3.96. The summed E-state index contributed by atoms with van der Waals surface area (Å²) < 4.78 is 1.77. The number of amides is 2. The van der Waals surface area contributed by atoms with Crippen LogP contribution in [0.2, 0.25) is 10.0 Å². The molecule has 0 radical (unpaired) electrons. The average molecular weight is 378 g/mol. The lowest BCUT2D eigenvalue weighted by Crippen LogP contribution is -2.37. The van der Waals surface area contributed by atoms with Gasteiger partial charge < -0.3 is 10.6 Å². The van der Waals surface area contributed by atoms with Crippen molar-refractivity contribution in [2.45, 2.75) is 6.54 Å². The third kappa shape index (κ3) is 4.07. The van der Waals surface area contributed by atoms with Gasteiger partial charge in [-0.1, -0.05) is 29.3 Å². The summed E-state index contributed by atoms with van der Waals surface area (Å²) in [6, 6.07) is 10.0. The molecule has 25 heavy (non-hydrogen) atoms. The quantitative estimate of drug-likeness (QED) is 0.712. The van der Waals surface area contributed by atoms with Gasteiger partial charge in [-0.2, -0.15) is 0 Å². The second-order valence-electron chi connectivity index (χ2n) is 5.13. The monoisotopic (exact) mass is 377 g/mol. The first-order valence-electron chi connectivity index (χ1n) is 7.33. The number of hydrogen-bond acceptors (Lipinski definition) is 4. The zero-order valence-electron chi connectivity index (χ0n) is 12.9. The SMILES string of the molecule is O=C(CNC(=O)c1ccc(Cl)cc1Cl)NCc1nnc2ccccn12. The van der Waals surface area contributed by atoms with Crippen molar-refractivity contribution in [3.8, 4) is 0 Å². The average Bonchev–Trinajstić information content (AvgIpc) is 3.01. The van der Waals surface area contributed by atoms with Gasteiger partial charge >= 0.3 is 0 Å². The highest BCUT2D eigenvalue weighted by Crippen LogP contribution is 2.20. The van der Waals surface area contributed by atoms with Crippen LogP contribution in [0, 0.1) is 0 Å². The van der Waals surface area contributed by atoms with Crippen LogP contribution in [0.5, 0.6) is 0 Å². The number of fused-ring (bicyclic) bond motifs is 1. The highest BCUT2D eigenvalue weighted by molar-refractivity contribution is 6.36. The number of nitrogens with one attached hydrogen (secondary N) is 2. The zero-order valence-corrected chi connectivity index (χ0v) is 14.4. The van der Waals surface area contributed by atoms with Crippen LogP contribution in [0.4, 0.5) is 0 Å². The van der Waals surface area contributed by atoms with Crippen LogP contribution in [-0.2, 0) is 11.3 Å². The van der Waals surface area contributed by atoms with Crippen molar-refractivity contribution < 1.29 is 9.59 Å². The fourth-order valence-electron chi connectivity index (χ4n) is 2.18. The van der Waals surface area contributed by atoms with Crippen molar-refractivity contribution in [2.24, 2.45) is 0 Å². The molecule has 0 aliphatic rings. The molecule has 0 bridgehead atoms. The Morgan fingerprint density at radius 3 is 2.72 bits per heavy atom. The number of hydrogen-bond donors (Lipinski definition) is 2. The molecule has 3 rings (SSSR count). The highest BCUT2D eigenvalue weighted by atomic mass is 35.5.